The number of imidazole rings is 1. The predicted octanol–water partition coefficient (Wildman–Crippen LogP) is 5.93. The molecule has 24 heavy (non-hydrogen) atoms. The molecule has 4 nitrogen and oxygen atoms in total. The van der Waals surface area contributed by atoms with E-state index in [1.807, 2.05) is 23.2 Å². The van der Waals surface area contributed by atoms with Crippen LogP contribution in [0, 0.1) is 9.41 Å². The van der Waals surface area contributed by atoms with Crippen molar-refractivity contribution in [3.63, 3.8) is 0 Å². The van der Waals surface area contributed by atoms with Gasteiger partial charge in [0.25, 0.3) is 0 Å². The SMILES string of the molecule is CCCCCCCCCCSc1nc2c([nH]1)c(=S)n(C)c(=S)n2C. The molecule has 0 radical (unpaired) electrons. The first-order valence-electron chi connectivity index (χ1n) is 8.84. The van der Waals surface area contributed by atoms with Crippen LogP contribution in [-0.2, 0) is 14.1 Å². The van der Waals surface area contributed by atoms with E-state index in [2.05, 4.69) is 16.9 Å². The Hall–Kier alpha value is -0.660. The minimum atomic E-state index is 0.693. The number of fused-ring (bicyclic) bond motifs is 1. The normalized spacial score (nSPS) is 11.5. The largest absolute Gasteiger partial charge is 0.329 e. The van der Waals surface area contributed by atoms with E-state index in [1.54, 1.807) is 11.8 Å². The number of rotatable bonds is 10. The Morgan fingerprint density at radius 3 is 2.25 bits per heavy atom. The number of H-pyrrole nitrogens is 1. The van der Waals surface area contributed by atoms with Crippen molar-refractivity contribution in [2.75, 3.05) is 5.75 Å². The second-order valence-electron chi connectivity index (χ2n) is 6.27. The number of thioether (sulfide) groups is 1. The summed E-state index contributed by atoms with van der Waals surface area (Å²) in [5.41, 5.74) is 1.75. The maximum atomic E-state index is 5.47. The monoisotopic (exact) mass is 384 g/mol. The quantitative estimate of drug-likeness (QED) is 0.313. The van der Waals surface area contributed by atoms with E-state index in [0.29, 0.717) is 4.77 Å². The molecular formula is C17H28N4S3. The zero-order valence-electron chi connectivity index (χ0n) is 14.9. The Morgan fingerprint density at radius 2 is 1.58 bits per heavy atom. The van der Waals surface area contributed by atoms with Crippen LogP contribution >= 0.6 is 36.2 Å². The molecule has 2 rings (SSSR count). The van der Waals surface area contributed by atoms with Gasteiger partial charge in [0.05, 0.1) is 0 Å². The van der Waals surface area contributed by atoms with Crippen LogP contribution in [-0.4, -0.2) is 24.9 Å². The van der Waals surface area contributed by atoms with E-state index in [-0.39, 0.29) is 0 Å². The first kappa shape index (κ1) is 19.7. The molecular weight excluding hydrogens is 356 g/mol. The molecule has 7 heteroatoms. The average molecular weight is 385 g/mol. The van der Waals surface area contributed by atoms with Crippen LogP contribution in [0.2, 0.25) is 0 Å². The molecule has 0 amide bonds. The Morgan fingerprint density at radius 1 is 0.958 bits per heavy atom. The van der Waals surface area contributed by atoms with Gasteiger partial charge in [0.1, 0.15) is 10.2 Å². The topological polar surface area (TPSA) is 38.5 Å². The van der Waals surface area contributed by atoms with Crippen molar-refractivity contribution in [3.8, 4) is 0 Å². The van der Waals surface area contributed by atoms with Gasteiger partial charge in [-0.05, 0) is 18.6 Å². The lowest BCUT2D eigenvalue weighted by atomic mass is 10.1. The Kier molecular flexibility index (Phi) is 7.97. The third kappa shape index (κ3) is 4.92. The predicted molar refractivity (Wildman–Crippen MR) is 109 cm³/mol. The van der Waals surface area contributed by atoms with Gasteiger partial charge in [0, 0.05) is 19.8 Å². The minimum absolute atomic E-state index is 0.693. The summed E-state index contributed by atoms with van der Waals surface area (Å²) >= 11 is 12.6. The van der Waals surface area contributed by atoms with Crippen LogP contribution in [0.15, 0.2) is 5.16 Å². The van der Waals surface area contributed by atoms with E-state index in [9.17, 15) is 0 Å². The Balaban J connectivity index is 1.82. The van der Waals surface area contributed by atoms with Crippen molar-refractivity contribution in [2.24, 2.45) is 14.1 Å². The number of aromatic amines is 1. The van der Waals surface area contributed by atoms with Gasteiger partial charge in [0.2, 0.25) is 0 Å². The Labute approximate surface area is 159 Å². The number of hydrogen-bond acceptors (Lipinski definition) is 4. The standard InChI is InChI=1S/C17H28N4S3/c1-4-5-6-7-8-9-10-11-12-24-16-18-13-14(19-16)20(2)17(23)21(3)15(13)22/h4-12H2,1-3H3,(H,18,19). The molecule has 2 heterocycles. The van der Waals surface area contributed by atoms with Gasteiger partial charge in [0.15, 0.2) is 15.6 Å². The fraction of sp³-hybridized carbons (Fsp3) is 0.706. The van der Waals surface area contributed by atoms with Gasteiger partial charge < -0.3 is 14.1 Å². The van der Waals surface area contributed by atoms with Crippen molar-refractivity contribution >= 4 is 47.4 Å². The highest BCUT2D eigenvalue weighted by Gasteiger charge is 2.10. The summed E-state index contributed by atoms with van der Waals surface area (Å²) in [5, 5.41) is 0.940. The highest BCUT2D eigenvalue weighted by Crippen LogP contribution is 2.22. The molecule has 0 saturated carbocycles. The average Bonchev–Trinajstić information content (AvgIpc) is 3.01. The van der Waals surface area contributed by atoms with E-state index in [4.69, 9.17) is 24.4 Å². The molecule has 0 aromatic carbocycles. The summed E-state index contributed by atoms with van der Waals surface area (Å²) in [6, 6.07) is 0. The molecule has 0 spiro atoms. The van der Waals surface area contributed by atoms with Crippen molar-refractivity contribution in [1.29, 1.82) is 0 Å². The van der Waals surface area contributed by atoms with Gasteiger partial charge in [-0.2, -0.15) is 0 Å². The first-order valence-corrected chi connectivity index (χ1v) is 10.6. The number of aromatic nitrogens is 4. The number of aryl methyl sites for hydroxylation is 1. The molecule has 2 aromatic heterocycles. The molecule has 1 N–H and O–H groups in total. The Bertz CT molecular complexity index is 772. The molecule has 0 bridgehead atoms. The van der Waals surface area contributed by atoms with E-state index < -0.39 is 0 Å². The van der Waals surface area contributed by atoms with E-state index >= 15 is 0 Å². The summed E-state index contributed by atoms with van der Waals surface area (Å²) in [5.74, 6) is 1.10. The number of hydrogen-bond donors (Lipinski definition) is 1. The zero-order valence-corrected chi connectivity index (χ0v) is 17.4. The third-order valence-corrected chi connectivity index (χ3v) is 6.30. The van der Waals surface area contributed by atoms with Crippen LogP contribution in [0.3, 0.4) is 0 Å². The van der Waals surface area contributed by atoms with Crippen LogP contribution in [0.25, 0.3) is 11.2 Å². The molecule has 0 aliphatic carbocycles. The molecule has 0 saturated heterocycles. The van der Waals surface area contributed by atoms with Crippen molar-refractivity contribution < 1.29 is 0 Å². The first-order chi connectivity index (χ1) is 11.6. The molecule has 0 atom stereocenters. The maximum Gasteiger partial charge on any atom is 0.182 e. The van der Waals surface area contributed by atoms with Crippen LogP contribution < -0.4 is 0 Å². The fourth-order valence-corrected chi connectivity index (χ4v) is 4.11. The van der Waals surface area contributed by atoms with Crippen molar-refractivity contribution in [1.82, 2.24) is 19.1 Å². The van der Waals surface area contributed by atoms with Crippen LogP contribution in [0.1, 0.15) is 58.3 Å². The van der Waals surface area contributed by atoms with Gasteiger partial charge in [-0.3, -0.25) is 0 Å². The highest BCUT2D eigenvalue weighted by molar-refractivity contribution is 7.99. The van der Waals surface area contributed by atoms with Crippen LogP contribution in [0.4, 0.5) is 0 Å². The fourth-order valence-electron chi connectivity index (χ4n) is 2.78. The summed E-state index contributed by atoms with van der Waals surface area (Å²) in [7, 11) is 3.84. The maximum absolute atomic E-state index is 5.47. The summed E-state index contributed by atoms with van der Waals surface area (Å²) in [6.45, 7) is 2.26. The lowest BCUT2D eigenvalue weighted by Crippen LogP contribution is -2.05. The summed E-state index contributed by atoms with van der Waals surface area (Å²) in [4.78, 5) is 8.02. The number of nitrogens with zero attached hydrogens (tertiary/aromatic N) is 3. The highest BCUT2D eigenvalue weighted by atomic mass is 32.2. The molecule has 0 aliphatic rings. The lowest BCUT2D eigenvalue weighted by Gasteiger charge is -2.05. The summed E-state index contributed by atoms with van der Waals surface area (Å²) in [6.07, 6.45) is 10.8. The third-order valence-electron chi connectivity index (χ3n) is 4.31. The van der Waals surface area contributed by atoms with E-state index in [1.165, 1.54) is 51.4 Å². The zero-order chi connectivity index (χ0) is 17.5. The number of unbranched alkanes of at least 4 members (excludes halogenated alkanes) is 7. The number of nitrogens with one attached hydrogen (secondary N) is 1. The smallest absolute Gasteiger partial charge is 0.182 e. The molecule has 0 unspecified atom stereocenters. The van der Waals surface area contributed by atoms with Crippen LogP contribution in [0.5, 0.6) is 0 Å². The van der Waals surface area contributed by atoms with Crippen molar-refractivity contribution in [3.05, 3.63) is 9.41 Å². The van der Waals surface area contributed by atoms with Gasteiger partial charge >= 0.3 is 0 Å². The molecule has 134 valence electrons. The molecule has 0 fully saturated rings. The second kappa shape index (κ2) is 9.73. The minimum Gasteiger partial charge on any atom is -0.329 e. The summed E-state index contributed by atoms with van der Waals surface area (Å²) < 4.78 is 5.17. The molecule has 0 aliphatic heterocycles. The van der Waals surface area contributed by atoms with Gasteiger partial charge in [-0.1, -0.05) is 75.8 Å². The lowest BCUT2D eigenvalue weighted by molar-refractivity contribution is 0.586. The van der Waals surface area contributed by atoms with Gasteiger partial charge in [-0.15, -0.1) is 0 Å². The van der Waals surface area contributed by atoms with Gasteiger partial charge in [-0.25, -0.2) is 4.98 Å². The second-order valence-corrected chi connectivity index (χ2v) is 8.11. The van der Waals surface area contributed by atoms with E-state index in [0.717, 1.165) is 26.7 Å². The molecule has 2 aromatic rings. The van der Waals surface area contributed by atoms with Crippen molar-refractivity contribution in [2.45, 2.75) is 63.4 Å².